The van der Waals surface area contributed by atoms with Gasteiger partial charge in [-0.3, -0.25) is 9.69 Å². The summed E-state index contributed by atoms with van der Waals surface area (Å²) < 4.78 is 10.6. The highest BCUT2D eigenvalue weighted by Crippen LogP contribution is 2.28. The van der Waals surface area contributed by atoms with Gasteiger partial charge in [0.2, 0.25) is 5.91 Å². The molecule has 1 amide bonds. The molecule has 5 heteroatoms. The van der Waals surface area contributed by atoms with E-state index in [1.165, 1.54) is 6.42 Å². The Morgan fingerprint density at radius 3 is 2.35 bits per heavy atom. The van der Waals surface area contributed by atoms with E-state index >= 15 is 0 Å². The van der Waals surface area contributed by atoms with E-state index in [-0.39, 0.29) is 11.4 Å². The molecule has 146 valence electrons. The number of rotatable bonds is 7. The Morgan fingerprint density at radius 2 is 1.77 bits per heavy atom. The lowest BCUT2D eigenvalue weighted by molar-refractivity contribution is -0.121. The lowest BCUT2D eigenvalue weighted by Gasteiger charge is -2.45. The van der Waals surface area contributed by atoms with Crippen molar-refractivity contribution < 1.29 is 14.3 Å². The molecule has 0 aromatic heterocycles. The summed E-state index contributed by atoms with van der Waals surface area (Å²) in [7, 11) is 3.21. The Hall–Kier alpha value is -1.75. The number of ether oxygens (including phenoxy) is 2. The molecule has 2 rings (SSSR count). The van der Waals surface area contributed by atoms with Crippen LogP contribution in [0.15, 0.2) is 18.2 Å². The summed E-state index contributed by atoms with van der Waals surface area (Å²) in [5.41, 5.74) is 0.870. The van der Waals surface area contributed by atoms with Crippen LogP contribution in [0.25, 0.3) is 0 Å². The summed E-state index contributed by atoms with van der Waals surface area (Å²) in [6, 6.07) is 5.60. The first kappa shape index (κ1) is 20.6. The van der Waals surface area contributed by atoms with E-state index in [1.54, 1.807) is 14.2 Å². The van der Waals surface area contributed by atoms with Gasteiger partial charge in [-0.1, -0.05) is 19.9 Å². The van der Waals surface area contributed by atoms with Gasteiger partial charge in [0.25, 0.3) is 0 Å². The second kappa shape index (κ2) is 8.76. The Morgan fingerprint density at radius 1 is 1.15 bits per heavy atom. The van der Waals surface area contributed by atoms with Gasteiger partial charge in [-0.05, 0) is 49.8 Å². The molecular formula is C21H34N2O3. The first-order valence-electron chi connectivity index (χ1n) is 9.47. The summed E-state index contributed by atoms with van der Waals surface area (Å²) in [5.74, 6) is 2.77. The minimum absolute atomic E-state index is 0.0309. The number of amides is 1. The molecule has 2 unspecified atom stereocenters. The predicted molar refractivity (Wildman–Crippen MR) is 105 cm³/mol. The maximum atomic E-state index is 12.4. The zero-order chi connectivity index (χ0) is 19.3. The molecule has 1 heterocycles. The molecule has 5 nitrogen and oxygen atoms in total. The Labute approximate surface area is 158 Å². The molecule has 1 saturated heterocycles. The highest BCUT2D eigenvalue weighted by molar-refractivity contribution is 5.78. The zero-order valence-corrected chi connectivity index (χ0v) is 17.1. The summed E-state index contributed by atoms with van der Waals surface area (Å²) in [6.45, 7) is 11.9. The third kappa shape index (κ3) is 5.37. The molecule has 1 aromatic carbocycles. The number of carbonyl (C=O) groups is 1. The van der Waals surface area contributed by atoms with Crippen LogP contribution in [0.3, 0.4) is 0 Å². The van der Waals surface area contributed by atoms with Crippen LogP contribution in [0.5, 0.6) is 11.5 Å². The third-order valence-electron chi connectivity index (χ3n) is 5.26. The van der Waals surface area contributed by atoms with Crippen LogP contribution in [0.2, 0.25) is 0 Å². The van der Waals surface area contributed by atoms with Crippen molar-refractivity contribution in [1.82, 2.24) is 10.2 Å². The van der Waals surface area contributed by atoms with Gasteiger partial charge in [-0.2, -0.15) is 0 Å². The zero-order valence-electron chi connectivity index (χ0n) is 17.1. The van der Waals surface area contributed by atoms with Crippen molar-refractivity contribution in [2.45, 2.75) is 46.1 Å². The van der Waals surface area contributed by atoms with Crippen LogP contribution in [0, 0.1) is 11.8 Å². The van der Waals surface area contributed by atoms with Crippen LogP contribution in [-0.2, 0) is 11.2 Å². The minimum atomic E-state index is -0.0454. The van der Waals surface area contributed by atoms with Crippen LogP contribution in [0.1, 0.15) is 39.7 Å². The van der Waals surface area contributed by atoms with Crippen molar-refractivity contribution in [3.05, 3.63) is 23.8 Å². The number of carbonyl (C=O) groups excluding carboxylic acids is 1. The van der Waals surface area contributed by atoms with E-state index in [0.717, 1.165) is 18.7 Å². The van der Waals surface area contributed by atoms with E-state index in [1.807, 2.05) is 18.2 Å². The lowest BCUT2D eigenvalue weighted by Crippen LogP contribution is -2.56. The molecule has 0 aliphatic carbocycles. The minimum Gasteiger partial charge on any atom is -0.493 e. The maximum absolute atomic E-state index is 12.4. The summed E-state index contributed by atoms with van der Waals surface area (Å²) in [5, 5.41) is 3.11. The van der Waals surface area contributed by atoms with Gasteiger partial charge in [0.05, 0.1) is 20.6 Å². The van der Waals surface area contributed by atoms with E-state index in [4.69, 9.17) is 9.47 Å². The first-order chi connectivity index (χ1) is 12.2. The van der Waals surface area contributed by atoms with Crippen molar-refractivity contribution in [1.29, 1.82) is 0 Å². The molecule has 1 N–H and O–H groups in total. The molecule has 1 fully saturated rings. The van der Waals surface area contributed by atoms with Crippen LogP contribution < -0.4 is 14.8 Å². The molecule has 1 aromatic rings. The normalized spacial score (nSPS) is 21.3. The maximum Gasteiger partial charge on any atom is 0.224 e. The largest absolute Gasteiger partial charge is 0.493 e. The number of hydrogen-bond acceptors (Lipinski definition) is 4. The molecular weight excluding hydrogens is 328 g/mol. The van der Waals surface area contributed by atoms with Crippen molar-refractivity contribution in [2.75, 3.05) is 33.9 Å². The average molecular weight is 363 g/mol. The monoisotopic (exact) mass is 362 g/mol. The summed E-state index contributed by atoms with van der Waals surface area (Å²) in [6.07, 6.45) is 1.63. The number of hydrogen-bond donors (Lipinski definition) is 1. The van der Waals surface area contributed by atoms with Crippen molar-refractivity contribution in [3.8, 4) is 11.5 Å². The Balaban J connectivity index is 1.91. The van der Waals surface area contributed by atoms with Crippen molar-refractivity contribution in [2.24, 2.45) is 11.8 Å². The first-order valence-corrected chi connectivity index (χ1v) is 9.47. The number of methoxy groups -OCH3 is 2. The molecule has 2 atom stereocenters. The fourth-order valence-corrected chi connectivity index (χ4v) is 3.82. The second-order valence-electron chi connectivity index (χ2n) is 8.31. The molecule has 0 saturated carbocycles. The third-order valence-corrected chi connectivity index (χ3v) is 5.26. The van der Waals surface area contributed by atoms with E-state index in [2.05, 4.69) is 37.9 Å². The molecule has 1 aliphatic heterocycles. The van der Waals surface area contributed by atoms with E-state index < -0.39 is 0 Å². The lowest BCUT2D eigenvalue weighted by atomic mass is 9.88. The van der Waals surface area contributed by atoms with Gasteiger partial charge in [0.1, 0.15) is 0 Å². The topological polar surface area (TPSA) is 50.8 Å². The SMILES string of the molecule is COc1ccc(CC(=O)NCC(C)(C)N2CC(C)CC(C)C2)cc1OC. The van der Waals surface area contributed by atoms with Gasteiger partial charge >= 0.3 is 0 Å². The fraction of sp³-hybridized carbons (Fsp3) is 0.667. The van der Waals surface area contributed by atoms with Crippen molar-refractivity contribution >= 4 is 5.91 Å². The smallest absolute Gasteiger partial charge is 0.224 e. The van der Waals surface area contributed by atoms with Gasteiger partial charge in [-0.25, -0.2) is 0 Å². The standard InChI is InChI=1S/C21H34N2O3/c1-15-9-16(2)13-23(12-15)21(3,4)14-22-20(24)11-17-7-8-18(25-5)19(10-17)26-6/h7-8,10,15-16H,9,11-14H2,1-6H3,(H,22,24). The van der Waals surface area contributed by atoms with Gasteiger partial charge in [-0.15, -0.1) is 0 Å². The predicted octanol–water partition coefficient (Wildman–Crippen LogP) is 3.12. The molecule has 0 radical (unpaired) electrons. The highest BCUT2D eigenvalue weighted by atomic mass is 16.5. The summed E-state index contributed by atoms with van der Waals surface area (Å²) >= 11 is 0. The average Bonchev–Trinajstić information content (AvgIpc) is 2.59. The quantitative estimate of drug-likeness (QED) is 0.810. The van der Waals surface area contributed by atoms with Crippen LogP contribution in [-0.4, -0.2) is 50.2 Å². The van der Waals surface area contributed by atoms with Gasteiger partial charge < -0.3 is 14.8 Å². The van der Waals surface area contributed by atoms with Crippen LogP contribution in [0.4, 0.5) is 0 Å². The number of likely N-dealkylation sites (tertiary alicyclic amines) is 1. The number of nitrogens with zero attached hydrogens (tertiary/aromatic N) is 1. The van der Waals surface area contributed by atoms with Gasteiger partial charge in [0.15, 0.2) is 11.5 Å². The molecule has 0 spiro atoms. The van der Waals surface area contributed by atoms with Crippen molar-refractivity contribution in [3.63, 3.8) is 0 Å². The number of piperidine rings is 1. The van der Waals surface area contributed by atoms with Crippen LogP contribution >= 0.6 is 0 Å². The highest BCUT2D eigenvalue weighted by Gasteiger charge is 2.32. The second-order valence-corrected chi connectivity index (χ2v) is 8.31. The fourth-order valence-electron chi connectivity index (χ4n) is 3.82. The van der Waals surface area contributed by atoms with Gasteiger partial charge in [0, 0.05) is 25.2 Å². The number of benzene rings is 1. The van der Waals surface area contributed by atoms with E-state index in [0.29, 0.717) is 36.3 Å². The molecule has 1 aliphatic rings. The van der Waals surface area contributed by atoms with E-state index in [9.17, 15) is 4.79 Å². The molecule has 0 bridgehead atoms. The Kier molecular flexibility index (Phi) is 6.93. The summed E-state index contributed by atoms with van der Waals surface area (Å²) in [4.78, 5) is 14.9. The number of nitrogens with one attached hydrogen (secondary N) is 1. The molecule has 26 heavy (non-hydrogen) atoms. The Bertz CT molecular complexity index is 605.